The average Bonchev–Trinajstić information content (AvgIpc) is 3.26. The Labute approximate surface area is 190 Å². The Morgan fingerprint density at radius 3 is 2.34 bits per heavy atom. The molecule has 0 aromatic carbocycles. The fourth-order valence-corrected chi connectivity index (χ4v) is 3.90. The second-order valence-corrected chi connectivity index (χ2v) is 7.64. The molecule has 1 atom stereocenters. The number of nitrogens with one attached hydrogen (secondary N) is 1. The number of aliphatic imine (C=N–C) groups is 1. The molecule has 1 unspecified atom stereocenters. The molecule has 1 aromatic rings. The summed E-state index contributed by atoms with van der Waals surface area (Å²) in [7, 11) is 1.82. The molecule has 9 heteroatoms. The molecule has 0 radical (unpaired) electrons. The molecule has 0 bridgehead atoms. The van der Waals surface area contributed by atoms with Gasteiger partial charge in [-0.15, -0.1) is 24.0 Å². The summed E-state index contributed by atoms with van der Waals surface area (Å²) in [5.74, 6) is 1.82. The van der Waals surface area contributed by atoms with Crippen LogP contribution in [0.15, 0.2) is 27.8 Å². The van der Waals surface area contributed by atoms with Gasteiger partial charge in [-0.3, -0.25) is 14.7 Å². The molecule has 0 saturated carbocycles. The average molecular weight is 519 g/mol. The first-order valence-corrected chi connectivity index (χ1v) is 10.2. The van der Waals surface area contributed by atoms with E-state index in [9.17, 15) is 4.79 Å². The van der Waals surface area contributed by atoms with E-state index in [4.69, 9.17) is 9.15 Å². The largest absolute Gasteiger partial charge is 0.459 e. The Bertz CT molecular complexity index is 639. The summed E-state index contributed by atoms with van der Waals surface area (Å²) in [6.45, 7) is 11.8. The van der Waals surface area contributed by atoms with Crippen LogP contribution in [-0.4, -0.2) is 98.7 Å². The number of ether oxygens (including phenoxy) is 1. The summed E-state index contributed by atoms with van der Waals surface area (Å²) in [6, 6.07) is 3.91. The molecule has 3 rings (SSSR count). The van der Waals surface area contributed by atoms with Crippen molar-refractivity contribution in [2.75, 3.05) is 66.1 Å². The van der Waals surface area contributed by atoms with E-state index in [0.29, 0.717) is 30.8 Å². The molecule has 1 amide bonds. The molecular weight excluding hydrogens is 485 g/mol. The number of piperazine rings is 1. The summed E-state index contributed by atoms with van der Waals surface area (Å²) >= 11 is 0. The number of halogens is 1. The standard InChI is InChI=1S/C20H33N5O3.HI/c1-16(2)17(23-10-13-27-14-11-23)15-22-20(21-3)25-8-6-24(7-9-25)19(26)18-5-4-12-28-18;/h4-5,12,16-17H,6-11,13-15H2,1-3H3,(H,21,22);1H. The van der Waals surface area contributed by atoms with Gasteiger partial charge in [0, 0.05) is 58.9 Å². The third-order valence-corrected chi connectivity index (χ3v) is 5.56. The third kappa shape index (κ3) is 6.32. The highest BCUT2D eigenvalue weighted by atomic mass is 127. The van der Waals surface area contributed by atoms with Crippen molar-refractivity contribution in [3.05, 3.63) is 24.2 Å². The van der Waals surface area contributed by atoms with Crippen molar-refractivity contribution in [1.82, 2.24) is 20.0 Å². The summed E-state index contributed by atoms with van der Waals surface area (Å²) in [6.07, 6.45) is 1.54. The van der Waals surface area contributed by atoms with Gasteiger partial charge in [-0.25, -0.2) is 0 Å². The zero-order valence-corrected chi connectivity index (χ0v) is 20.0. The number of furan rings is 1. The number of hydrogen-bond donors (Lipinski definition) is 1. The van der Waals surface area contributed by atoms with Crippen molar-refractivity contribution in [2.24, 2.45) is 10.9 Å². The van der Waals surface area contributed by atoms with Gasteiger partial charge in [-0.05, 0) is 18.1 Å². The van der Waals surface area contributed by atoms with E-state index in [0.717, 1.165) is 51.9 Å². The lowest BCUT2D eigenvalue weighted by molar-refractivity contribution is 0.00734. The molecule has 0 spiro atoms. The molecule has 29 heavy (non-hydrogen) atoms. The van der Waals surface area contributed by atoms with Crippen LogP contribution in [0.2, 0.25) is 0 Å². The minimum Gasteiger partial charge on any atom is -0.459 e. The van der Waals surface area contributed by atoms with Crippen molar-refractivity contribution < 1.29 is 13.9 Å². The number of hydrogen-bond acceptors (Lipinski definition) is 5. The fourth-order valence-electron chi connectivity index (χ4n) is 3.90. The van der Waals surface area contributed by atoms with Gasteiger partial charge < -0.3 is 24.3 Å². The van der Waals surface area contributed by atoms with Crippen molar-refractivity contribution in [3.8, 4) is 0 Å². The van der Waals surface area contributed by atoms with Crippen LogP contribution in [0.3, 0.4) is 0 Å². The molecule has 3 heterocycles. The maximum atomic E-state index is 12.4. The molecule has 0 aliphatic carbocycles. The van der Waals surface area contributed by atoms with E-state index in [1.165, 1.54) is 6.26 Å². The van der Waals surface area contributed by atoms with Gasteiger partial charge >= 0.3 is 0 Å². The van der Waals surface area contributed by atoms with Crippen LogP contribution in [0.1, 0.15) is 24.4 Å². The van der Waals surface area contributed by atoms with Gasteiger partial charge in [0.05, 0.1) is 19.5 Å². The van der Waals surface area contributed by atoms with E-state index in [1.54, 1.807) is 12.1 Å². The normalized spacial score (nSPS) is 19.8. The number of amides is 1. The Balaban J connectivity index is 0.00000300. The smallest absolute Gasteiger partial charge is 0.289 e. The first-order valence-electron chi connectivity index (χ1n) is 10.2. The molecule has 2 saturated heterocycles. The first-order chi connectivity index (χ1) is 13.6. The lowest BCUT2D eigenvalue weighted by Gasteiger charge is -2.39. The van der Waals surface area contributed by atoms with Crippen LogP contribution in [-0.2, 0) is 4.74 Å². The molecule has 164 valence electrons. The third-order valence-electron chi connectivity index (χ3n) is 5.56. The summed E-state index contributed by atoms with van der Waals surface area (Å²) in [5, 5.41) is 3.56. The molecule has 1 aromatic heterocycles. The van der Waals surface area contributed by atoms with Gasteiger partial charge in [-0.1, -0.05) is 13.8 Å². The number of rotatable bonds is 5. The maximum absolute atomic E-state index is 12.4. The molecule has 2 fully saturated rings. The van der Waals surface area contributed by atoms with Crippen molar-refractivity contribution in [3.63, 3.8) is 0 Å². The van der Waals surface area contributed by atoms with Gasteiger partial charge in [0.2, 0.25) is 0 Å². The molecule has 2 aliphatic heterocycles. The number of carbonyl (C=O) groups excluding carboxylic acids is 1. The Kier molecular flexibility index (Phi) is 9.70. The zero-order chi connectivity index (χ0) is 19.9. The predicted octanol–water partition coefficient (Wildman–Crippen LogP) is 1.59. The SMILES string of the molecule is CN=C(NCC(C(C)C)N1CCOCC1)N1CCN(C(=O)c2ccco2)CC1.I. The monoisotopic (exact) mass is 519 g/mol. The zero-order valence-electron chi connectivity index (χ0n) is 17.7. The van der Waals surface area contributed by atoms with Crippen molar-refractivity contribution >= 4 is 35.8 Å². The van der Waals surface area contributed by atoms with Crippen molar-refractivity contribution in [1.29, 1.82) is 0 Å². The Morgan fingerprint density at radius 1 is 1.14 bits per heavy atom. The predicted molar refractivity (Wildman–Crippen MR) is 124 cm³/mol. The minimum atomic E-state index is -0.0419. The Hall–Kier alpha value is -1.33. The Morgan fingerprint density at radius 2 is 1.79 bits per heavy atom. The molecule has 1 N–H and O–H groups in total. The van der Waals surface area contributed by atoms with Crippen LogP contribution in [0.25, 0.3) is 0 Å². The summed E-state index contributed by atoms with van der Waals surface area (Å²) in [5.41, 5.74) is 0. The van der Waals surface area contributed by atoms with Crippen LogP contribution in [0.5, 0.6) is 0 Å². The highest BCUT2D eigenvalue weighted by Crippen LogP contribution is 2.13. The highest BCUT2D eigenvalue weighted by Gasteiger charge is 2.27. The van der Waals surface area contributed by atoms with Crippen LogP contribution in [0, 0.1) is 5.92 Å². The fraction of sp³-hybridized carbons (Fsp3) is 0.700. The van der Waals surface area contributed by atoms with Crippen LogP contribution in [0.4, 0.5) is 0 Å². The topological polar surface area (TPSA) is 73.6 Å². The second-order valence-electron chi connectivity index (χ2n) is 7.64. The quantitative estimate of drug-likeness (QED) is 0.362. The molecule has 8 nitrogen and oxygen atoms in total. The molecule has 2 aliphatic rings. The number of guanidine groups is 1. The van der Waals surface area contributed by atoms with Crippen LogP contribution >= 0.6 is 24.0 Å². The lowest BCUT2D eigenvalue weighted by atomic mass is 10.0. The van der Waals surface area contributed by atoms with Crippen molar-refractivity contribution in [2.45, 2.75) is 19.9 Å². The second kappa shape index (κ2) is 11.8. The van der Waals surface area contributed by atoms with Gasteiger partial charge in [0.1, 0.15) is 0 Å². The van der Waals surface area contributed by atoms with E-state index in [-0.39, 0.29) is 29.9 Å². The van der Waals surface area contributed by atoms with Gasteiger partial charge in [0.25, 0.3) is 5.91 Å². The minimum absolute atomic E-state index is 0. The molecular formula is C20H34IN5O3. The summed E-state index contributed by atoms with van der Waals surface area (Å²) < 4.78 is 10.7. The summed E-state index contributed by atoms with van der Waals surface area (Å²) in [4.78, 5) is 23.5. The van der Waals surface area contributed by atoms with E-state index in [1.807, 2.05) is 11.9 Å². The lowest BCUT2D eigenvalue weighted by Crippen LogP contribution is -2.56. The van der Waals surface area contributed by atoms with Gasteiger partial charge in [-0.2, -0.15) is 0 Å². The first kappa shape index (κ1) is 23.9. The highest BCUT2D eigenvalue weighted by molar-refractivity contribution is 14.0. The van der Waals surface area contributed by atoms with Crippen LogP contribution < -0.4 is 5.32 Å². The maximum Gasteiger partial charge on any atom is 0.289 e. The van der Waals surface area contributed by atoms with Gasteiger partial charge in [0.15, 0.2) is 11.7 Å². The number of morpholine rings is 1. The van der Waals surface area contributed by atoms with E-state index in [2.05, 4.69) is 34.0 Å². The number of nitrogens with zero attached hydrogens (tertiary/aromatic N) is 4. The van der Waals surface area contributed by atoms with E-state index < -0.39 is 0 Å². The van der Waals surface area contributed by atoms with E-state index >= 15 is 0 Å². The number of carbonyl (C=O) groups is 1.